The van der Waals surface area contributed by atoms with Crippen molar-refractivity contribution >= 4 is 50.6 Å². The number of fused-ring (bicyclic) bond motifs is 1. The number of aromatic nitrogens is 3. The van der Waals surface area contributed by atoms with E-state index in [1.807, 2.05) is 66.9 Å². The number of carbonyl (C=O) groups is 2. The fraction of sp³-hybridized carbons (Fsp3) is 0.200. The molecule has 40 heavy (non-hydrogen) atoms. The van der Waals surface area contributed by atoms with Gasteiger partial charge in [0, 0.05) is 46.4 Å². The fourth-order valence-corrected chi connectivity index (χ4v) is 5.49. The summed E-state index contributed by atoms with van der Waals surface area (Å²) in [4.78, 5) is 31.9. The van der Waals surface area contributed by atoms with Gasteiger partial charge in [0.05, 0.1) is 29.2 Å². The molecule has 0 saturated carbocycles. The van der Waals surface area contributed by atoms with Crippen molar-refractivity contribution in [3.63, 3.8) is 0 Å². The van der Waals surface area contributed by atoms with Gasteiger partial charge in [-0.05, 0) is 86.5 Å². The van der Waals surface area contributed by atoms with E-state index in [4.69, 9.17) is 0 Å². The maximum absolute atomic E-state index is 12.9. The molecular formula is C30H28N6O3S. The molecule has 3 heterocycles. The summed E-state index contributed by atoms with van der Waals surface area (Å²) in [6, 6.07) is 20.4. The Kier molecular flexibility index (Phi) is 7.02. The number of benzene rings is 3. The lowest BCUT2D eigenvalue weighted by molar-refractivity contribution is 0.101. The van der Waals surface area contributed by atoms with E-state index >= 15 is 0 Å². The lowest BCUT2D eigenvalue weighted by atomic mass is 10.1. The second-order valence-corrected chi connectivity index (χ2v) is 10.7. The molecule has 1 saturated heterocycles. The number of aliphatic hydroxyl groups is 1. The number of thiazole rings is 1. The minimum Gasteiger partial charge on any atom is -0.393 e. The van der Waals surface area contributed by atoms with Gasteiger partial charge in [-0.1, -0.05) is 0 Å². The summed E-state index contributed by atoms with van der Waals surface area (Å²) in [5.41, 5.74) is 5.40. The molecule has 2 amide bonds. The van der Waals surface area contributed by atoms with Crippen molar-refractivity contribution in [2.24, 2.45) is 0 Å². The normalized spacial score (nSPS) is 13.9. The topological polar surface area (TPSA) is 112 Å². The highest BCUT2D eigenvalue weighted by molar-refractivity contribution is 7.13. The molecular weight excluding hydrogens is 524 g/mol. The number of hydrogen-bond donors (Lipinski definition) is 3. The Hall–Kier alpha value is -4.54. The highest BCUT2D eigenvalue weighted by Gasteiger charge is 2.18. The molecule has 1 aliphatic heterocycles. The van der Waals surface area contributed by atoms with Crippen LogP contribution in [0, 0.1) is 6.92 Å². The molecule has 0 spiro atoms. The van der Waals surface area contributed by atoms with Crippen molar-refractivity contribution < 1.29 is 14.7 Å². The van der Waals surface area contributed by atoms with Gasteiger partial charge in [-0.15, -0.1) is 11.3 Å². The molecule has 3 aromatic carbocycles. The molecule has 10 heteroatoms. The Morgan fingerprint density at radius 2 is 1.55 bits per heavy atom. The van der Waals surface area contributed by atoms with Crippen LogP contribution in [0.5, 0.6) is 0 Å². The lowest BCUT2D eigenvalue weighted by Gasteiger charge is -2.31. The van der Waals surface area contributed by atoms with Crippen LogP contribution in [-0.4, -0.2) is 50.9 Å². The molecule has 6 rings (SSSR count). The van der Waals surface area contributed by atoms with Crippen molar-refractivity contribution in [3.05, 3.63) is 95.1 Å². The highest BCUT2D eigenvalue weighted by atomic mass is 32.1. The number of hydrogen-bond acceptors (Lipinski definition) is 7. The average Bonchev–Trinajstić information content (AvgIpc) is 3.59. The molecule has 0 bridgehead atoms. The van der Waals surface area contributed by atoms with Crippen molar-refractivity contribution in [3.8, 4) is 5.69 Å². The fourth-order valence-electron chi connectivity index (χ4n) is 4.80. The first-order valence-corrected chi connectivity index (χ1v) is 14.0. The van der Waals surface area contributed by atoms with E-state index in [1.54, 1.807) is 23.0 Å². The van der Waals surface area contributed by atoms with Crippen LogP contribution in [0.15, 0.2) is 78.3 Å². The third kappa shape index (κ3) is 5.45. The minimum atomic E-state index is -0.219. The van der Waals surface area contributed by atoms with Crippen LogP contribution in [0.3, 0.4) is 0 Å². The van der Waals surface area contributed by atoms with E-state index in [0.29, 0.717) is 21.9 Å². The zero-order chi connectivity index (χ0) is 27.6. The third-order valence-electron chi connectivity index (χ3n) is 7.00. The second kappa shape index (κ2) is 10.9. The number of anilines is 3. The molecule has 9 nitrogen and oxygen atoms in total. The standard InChI is InChI=1S/C30H28N6O3S/c1-19-18-40-30(32-19)34-29(39)21-4-9-25(10-5-21)36-27-11-6-23(16-22(27)17-31-36)33-28(38)20-2-7-24(8-3-20)35-14-12-26(37)13-15-35/h2-11,16-18,26,37H,12-15H2,1H3,(H,33,38)(H,32,34,39). The first kappa shape index (κ1) is 25.7. The second-order valence-electron chi connectivity index (χ2n) is 9.84. The Labute approximate surface area is 235 Å². The van der Waals surface area contributed by atoms with Crippen molar-refractivity contribution in [1.29, 1.82) is 0 Å². The SMILES string of the molecule is Cc1csc(NC(=O)c2ccc(-n3ncc4cc(NC(=O)c5ccc(N6CCC(O)CC6)cc5)ccc43)cc2)n1. The summed E-state index contributed by atoms with van der Waals surface area (Å²) in [6.45, 7) is 3.51. The molecule has 0 unspecified atom stereocenters. The van der Waals surface area contributed by atoms with Crippen LogP contribution in [0.4, 0.5) is 16.5 Å². The van der Waals surface area contributed by atoms with Gasteiger partial charge in [-0.25, -0.2) is 9.67 Å². The third-order valence-corrected chi connectivity index (χ3v) is 7.87. The molecule has 0 radical (unpaired) electrons. The number of aliphatic hydroxyl groups excluding tert-OH is 1. The number of carbonyl (C=O) groups excluding carboxylic acids is 2. The van der Waals surface area contributed by atoms with Gasteiger partial charge < -0.3 is 15.3 Å². The smallest absolute Gasteiger partial charge is 0.257 e. The van der Waals surface area contributed by atoms with Gasteiger partial charge >= 0.3 is 0 Å². The van der Waals surface area contributed by atoms with Crippen LogP contribution in [-0.2, 0) is 0 Å². The molecule has 1 aliphatic rings. The van der Waals surface area contributed by atoms with Crippen LogP contribution in [0.2, 0.25) is 0 Å². The Morgan fingerprint density at radius 1 is 0.900 bits per heavy atom. The van der Waals surface area contributed by atoms with Gasteiger partial charge in [0.1, 0.15) is 0 Å². The molecule has 3 N–H and O–H groups in total. The van der Waals surface area contributed by atoms with Crippen LogP contribution < -0.4 is 15.5 Å². The quantitative estimate of drug-likeness (QED) is 0.265. The summed E-state index contributed by atoms with van der Waals surface area (Å²) in [7, 11) is 0. The monoisotopic (exact) mass is 552 g/mol. The summed E-state index contributed by atoms with van der Waals surface area (Å²) in [6.07, 6.45) is 3.05. The van der Waals surface area contributed by atoms with Gasteiger partial charge in [-0.2, -0.15) is 5.10 Å². The molecule has 1 fully saturated rings. The zero-order valence-electron chi connectivity index (χ0n) is 21.9. The van der Waals surface area contributed by atoms with Crippen molar-refractivity contribution in [2.45, 2.75) is 25.9 Å². The number of aryl methyl sites for hydroxylation is 1. The maximum atomic E-state index is 12.9. The van der Waals surface area contributed by atoms with E-state index in [1.165, 1.54) is 11.3 Å². The molecule has 2 aromatic heterocycles. The van der Waals surface area contributed by atoms with Gasteiger partial charge in [0.25, 0.3) is 11.8 Å². The molecule has 202 valence electrons. The van der Waals surface area contributed by atoms with E-state index in [2.05, 4.69) is 25.6 Å². The van der Waals surface area contributed by atoms with Gasteiger partial charge in [0.2, 0.25) is 0 Å². The summed E-state index contributed by atoms with van der Waals surface area (Å²) in [5.74, 6) is -0.401. The zero-order valence-corrected chi connectivity index (χ0v) is 22.7. The van der Waals surface area contributed by atoms with Crippen LogP contribution in [0.25, 0.3) is 16.6 Å². The summed E-state index contributed by atoms with van der Waals surface area (Å²) < 4.78 is 1.80. The molecule has 0 atom stereocenters. The number of nitrogens with one attached hydrogen (secondary N) is 2. The van der Waals surface area contributed by atoms with Crippen molar-refractivity contribution in [2.75, 3.05) is 28.6 Å². The van der Waals surface area contributed by atoms with Gasteiger partial charge in [-0.3, -0.25) is 14.9 Å². The first-order valence-electron chi connectivity index (χ1n) is 13.1. The largest absolute Gasteiger partial charge is 0.393 e. The first-order chi connectivity index (χ1) is 19.4. The lowest BCUT2D eigenvalue weighted by Crippen LogP contribution is -2.35. The Bertz CT molecular complexity index is 1670. The van der Waals surface area contributed by atoms with Crippen LogP contribution in [0.1, 0.15) is 39.3 Å². The number of piperidine rings is 1. The average molecular weight is 553 g/mol. The van der Waals surface area contributed by atoms with E-state index < -0.39 is 0 Å². The minimum absolute atomic E-state index is 0.186. The summed E-state index contributed by atoms with van der Waals surface area (Å²) in [5, 5.41) is 23.4. The maximum Gasteiger partial charge on any atom is 0.257 e. The highest BCUT2D eigenvalue weighted by Crippen LogP contribution is 2.24. The summed E-state index contributed by atoms with van der Waals surface area (Å²) >= 11 is 1.39. The molecule has 0 aliphatic carbocycles. The van der Waals surface area contributed by atoms with E-state index in [9.17, 15) is 14.7 Å². The number of rotatable bonds is 6. The van der Waals surface area contributed by atoms with Crippen LogP contribution >= 0.6 is 11.3 Å². The van der Waals surface area contributed by atoms with Gasteiger partial charge in [0.15, 0.2) is 5.13 Å². The predicted molar refractivity (Wildman–Crippen MR) is 158 cm³/mol. The number of nitrogens with zero attached hydrogens (tertiary/aromatic N) is 4. The Morgan fingerprint density at radius 3 is 2.20 bits per heavy atom. The predicted octanol–water partition coefficient (Wildman–Crippen LogP) is 5.26. The van der Waals surface area contributed by atoms with Crippen molar-refractivity contribution in [1.82, 2.24) is 14.8 Å². The number of amides is 2. The molecule has 5 aromatic rings. The van der Waals surface area contributed by atoms with E-state index in [0.717, 1.165) is 53.9 Å². The van der Waals surface area contributed by atoms with E-state index in [-0.39, 0.29) is 17.9 Å². The Balaban J connectivity index is 1.12.